The number of rotatable bonds is 1. The van der Waals surface area contributed by atoms with Gasteiger partial charge in [-0.2, -0.15) is 4.39 Å². The monoisotopic (exact) mass is 144 g/mol. The Hall–Kier alpha value is -1.32. The van der Waals surface area contributed by atoms with E-state index in [1.165, 1.54) is 6.92 Å². The molecule has 0 radical (unpaired) electrons. The Bertz CT molecular complexity index is 264. The van der Waals surface area contributed by atoms with Gasteiger partial charge in [0.05, 0.1) is 0 Å². The second-order valence-electron chi connectivity index (χ2n) is 1.85. The molecule has 0 aliphatic heterocycles. The Balaban J connectivity index is 3.15. The highest BCUT2D eigenvalue weighted by Gasteiger charge is 2.14. The molecular formula is C6H5FO3. The maximum atomic E-state index is 12.3. The van der Waals surface area contributed by atoms with Gasteiger partial charge in [0.1, 0.15) is 11.3 Å². The quantitative estimate of drug-likeness (QED) is 0.648. The van der Waals surface area contributed by atoms with Crippen molar-refractivity contribution in [3.8, 4) is 0 Å². The SMILES string of the molecule is Cc1cc(C(=O)O)c(F)o1. The van der Waals surface area contributed by atoms with Crippen LogP contribution in [-0.4, -0.2) is 11.1 Å². The number of carbonyl (C=O) groups is 1. The fourth-order valence-corrected chi connectivity index (χ4v) is 0.632. The predicted molar refractivity (Wildman–Crippen MR) is 30.4 cm³/mol. The van der Waals surface area contributed by atoms with E-state index in [9.17, 15) is 9.18 Å². The molecule has 54 valence electrons. The first kappa shape index (κ1) is 6.80. The minimum atomic E-state index is -1.31. The van der Waals surface area contributed by atoms with Crippen molar-refractivity contribution < 1.29 is 18.7 Å². The zero-order chi connectivity index (χ0) is 7.72. The average molecular weight is 144 g/mol. The maximum absolute atomic E-state index is 12.3. The molecule has 0 amide bonds. The fraction of sp³-hybridized carbons (Fsp3) is 0.167. The van der Waals surface area contributed by atoms with E-state index in [2.05, 4.69) is 4.42 Å². The Kier molecular flexibility index (Phi) is 1.45. The van der Waals surface area contributed by atoms with Crippen LogP contribution < -0.4 is 0 Å². The third-order valence-corrected chi connectivity index (χ3v) is 1.04. The van der Waals surface area contributed by atoms with Crippen molar-refractivity contribution in [2.75, 3.05) is 0 Å². The van der Waals surface area contributed by atoms with E-state index in [4.69, 9.17) is 5.11 Å². The van der Waals surface area contributed by atoms with E-state index < -0.39 is 17.5 Å². The molecule has 0 aliphatic rings. The van der Waals surface area contributed by atoms with Crippen molar-refractivity contribution >= 4 is 5.97 Å². The summed E-state index contributed by atoms with van der Waals surface area (Å²) in [5.41, 5.74) is -0.419. The zero-order valence-electron chi connectivity index (χ0n) is 5.22. The van der Waals surface area contributed by atoms with E-state index in [-0.39, 0.29) is 5.76 Å². The largest absolute Gasteiger partial charge is 0.477 e. The number of aryl methyl sites for hydroxylation is 1. The summed E-state index contributed by atoms with van der Waals surface area (Å²) in [7, 11) is 0. The van der Waals surface area contributed by atoms with Crippen LogP contribution in [0.15, 0.2) is 10.5 Å². The molecule has 0 aliphatic carbocycles. The van der Waals surface area contributed by atoms with Crippen LogP contribution >= 0.6 is 0 Å². The van der Waals surface area contributed by atoms with Gasteiger partial charge in [-0.3, -0.25) is 0 Å². The summed E-state index contributed by atoms with van der Waals surface area (Å²) in [5, 5.41) is 8.28. The summed E-state index contributed by atoms with van der Waals surface area (Å²) in [6, 6.07) is 0.0995. The van der Waals surface area contributed by atoms with Gasteiger partial charge in [0.25, 0.3) is 6.01 Å². The van der Waals surface area contributed by atoms with E-state index in [1.807, 2.05) is 0 Å². The zero-order valence-corrected chi connectivity index (χ0v) is 5.22. The molecular weight excluding hydrogens is 139 g/mol. The molecule has 0 bridgehead atoms. The van der Waals surface area contributed by atoms with Crippen LogP contribution in [0.5, 0.6) is 0 Å². The van der Waals surface area contributed by atoms with Crippen molar-refractivity contribution in [2.24, 2.45) is 0 Å². The Morgan fingerprint density at radius 3 is 2.60 bits per heavy atom. The normalized spacial score (nSPS) is 9.80. The number of carboxylic acid groups (broad SMARTS) is 1. The minimum absolute atomic E-state index is 0.259. The molecule has 0 saturated carbocycles. The number of furan rings is 1. The summed E-state index contributed by atoms with van der Waals surface area (Å²) in [6.45, 7) is 1.48. The third-order valence-electron chi connectivity index (χ3n) is 1.04. The van der Waals surface area contributed by atoms with Gasteiger partial charge in [0.2, 0.25) is 0 Å². The molecule has 1 N–H and O–H groups in total. The number of hydrogen-bond donors (Lipinski definition) is 1. The lowest BCUT2D eigenvalue weighted by molar-refractivity contribution is 0.0688. The van der Waals surface area contributed by atoms with Crippen molar-refractivity contribution in [2.45, 2.75) is 6.92 Å². The molecule has 0 spiro atoms. The molecule has 1 aromatic rings. The van der Waals surface area contributed by atoms with Crippen LogP contribution in [0.3, 0.4) is 0 Å². The highest BCUT2D eigenvalue weighted by atomic mass is 19.1. The summed E-state index contributed by atoms with van der Waals surface area (Å²) < 4.78 is 16.6. The van der Waals surface area contributed by atoms with Crippen molar-refractivity contribution in [1.29, 1.82) is 0 Å². The van der Waals surface area contributed by atoms with Crippen molar-refractivity contribution in [3.63, 3.8) is 0 Å². The van der Waals surface area contributed by atoms with E-state index in [0.717, 1.165) is 6.07 Å². The number of aromatic carboxylic acids is 1. The second kappa shape index (κ2) is 2.13. The maximum Gasteiger partial charge on any atom is 0.342 e. The smallest absolute Gasteiger partial charge is 0.342 e. The molecule has 0 atom stereocenters. The van der Waals surface area contributed by atoms with Gasteiger partial charge in [-0.15, -0.1) is 0 Å². The van der Waals surface area contributed by atoms with Crippen molar-refractivity contribution in [3.05, 3.63) is 23.4 Å². The van der Waals surface area contributed by atoms with Gasteiger partial charge < -0.3 is 9.52 Å². The van der Waals surface area contributed by atoms with Crippen LogP contribution in [0.2, 0.25) is 0 Å². The first-order chi connectivity index (χ1) is 4.61. The van der Waals surface area contributed by atoms with Gasteiger partial charge in [-0.05, 0) is 13.0 Å². The lowest BCUT2D eigenvalue weighted by Gasteiger charge is -1.81. The fourth-order valence-electron chi connectivity index (χ4n) is 0.632. The van der Waals surface area contributed by atoms with Crippen molar-refractivity contribution in [1.82, 2.24) is 0 Å². The molecule has 4 heteroatoms. The second-order valence-corrected chi connectivity index (χ2v) is 1.85. The molecule has 10 heavy (non-hydrogen) atoms. The molecule has 0 saturated heterocycles. The summed E-state index contributed by atoms with van der Waals surface area (Å²) in [4.78, 5) is 10.1. The van der Waals surface area contributed by atoms with Crippen LogP contribution in [-0.2, 0) is 0 Å². The van der Waals surface area contributed by atoms with Crippen LogP contribution in [0, 0.1) is 12.9 Å². The number of hydrogen-bond acceptors (Lipinski definition) is 2. The Morgan fingerprint density at radius 2 is 2.40 bits per heavy atom. The highest BCUT2D eigenvalue weighted by Crippen LogP contribution is 2.11. The summed E-state index contributed by atoms with van der Waals surface area (Å²) in [5.74, 6) is -1.05. The van der Waals surface area contributed by atoms with Gasteiger partial charge in [-0.25, -0.2) is 4.79 Å². The Labute approximate surface area is 56.1 Å². The summed E-state index contributed by atoms with van der Waals surface area (Å²) >= 11 is 0. The van der Waals surface area contributed by atoms with E-state index in [1.54, 1.807) is 0 Å². The van der Waals surface area contributed by atoms with Gasteiger partial charge in [0, 0.05) is 0 Å². The van der Waals surface area contributed by atoms with Gasteiger partial charge >= 0.3 is 5.97 Å². The molecule has 0 fully saturated rings. The van der Waals surface area contributed by atoms with E-state index in [0.29, 0.717) is 0 Å². The number of halogens is 1. The first-order valence-electron chi connectivity index (χ1n) is 2.60. The molecule has 3 nitrogen and oxygen atoms in total. The molecule has 0 unspecified atom stereocenters. The van der Waals surface area contributed by atoms with Gasteiger partial charge in [0.15, 0.2) is 0 Å². The van der Waals surface area contributed by atoms with E-state index >= 15 is 0 Å². The van der Waals surface area contributed by atoms with Crippen LogP contribution in [0.25, 0.3) is 0 Å². The first-order valence-corrected chi connectivity index (χ1v) is 2.60. The third kappa shape index (κ3) is 1.00. The lowest BCUT2D eigenvalue weighted by Crippen LogP contribution is -1.95. The van der Waals surface area contributed by atoms with Crippen LogP contribution in [0.1, 0.15) is 16.1 Å². The molecule has 0 aromatic carbocycles. The highest BCUT2D eigenvalue weighted by molar-refractivity contribution is 5.87. The number of carboxylic acids is 1. The minimum Gasteiger partial charge on any atom is -0.477 e. The Morgan fingerprint density at radius 1 is 1.80 bits per heavy atom. The molecule has 1 heterocycles. The topological polar surface area (TPSA) is 50.4 Å². The molecule has 1 aromatic heterocycles. The standard InChI is InChI=1S/C6H5FO3/c1-3-2-4(6(8)9)5(7)10-3/h2H,1H3,(H,8,9). The lowest BCUT2D eigenvalue weighted by atomic mass is 10.3. The summed E-state index contributed by atoms with van der Waals surface area (Å²) in [6.07, 6.45) is 0. The van der Waals surface area contributed by atoms with Gasteiger partial charge in [-0.1, -0.05) is 0 Å². The van der Waals surface area contributed by atoms with Crippen LogP contribution in [0.4, 0.5) is 4.39 Å². The predicted octanol–water partition coefficient (Wildman–Crippen LogP) is 1.43. The average Bonchev–Trinajstić information content (AvgIpc) is 2.10. The molecule has 1 rings (SSSR count).